The third kappa shape index (κ3) is 2.21. The van der Waals surface area contributed by atoms with Gasteiger partial charge in [0.1, 0.15) is 0 Å². The van der Waals surface area contributed by atoms with Crippen LogP contribution in [-0.2, 0) is 0 Å². The van der Waals surface area contributed by atoms with Crippen LogP contribution in [-0.4, -0.2) is 28.7 Å². The van der Waals surface area contributed by atoms with Crippen molar-refractivity contribution in [3.63, 3.8) is 0 Å². The van der Waals surface area contributed by atoms with Gasteiger partial charge < -0.3 is 14.9 Å². The van der Waals surface area contributed by atoms with Gasteiger partial charge in [-0.25, -0.2) is 4.79 Å². The molecule has 0 aromatic carbocycles. The largest absolute Gasteiger partial charge is 0.475 e. The van der Waals surface area contributed by atoms with E-state index in [9.17, 15) is 9.59 Å². The van der Waals surface area contributed by atoms with Crippen molar-refractivity contribution in [1.29, 1.82) is 0 Å². The van der Waals surface area contributed by atoms with Gasteiger partial charge in [-0.3, -0.25) is 4.79 Å². The summed E-state index contributed by atoms with van der Waals surface area (Å²) in [6.07, 6.45) is 1.12. The lowest BCUT2D eigenvalue weighted by molar-refractivity contribution is 0.0651. The molecule has 1 amide bonds. The molecular weight excluding hydrogens is 212 g/mol. The number of hydrogen-bond donors (Lipinski definition) is 2. The summed E-state index contributed by atoms with van der Waals surface area (Å²) in [6.45, 7) is 2.73. The van der Waals surface area contributed by atoms with E-state index in [1.165, 1.54) is 0 Å². The van der Waals surface area contributed by atoms with Gasteiger partial charge in [-0.15, -0.1) is 0 Å². The molecule has 1 aliphatic carbocycles. The Balaban J connectivity index is 1.90. The summed E-state index contributed by atoms with van der Waals surface area (Å²) in [5.41, 5.74) is 0.00528. The van der Waals surface area contributed by atoms with E-state index in [2.05, 4.69) is 21.9 Å². The third-order valence-electron chi connectivity index (χ3n) is 2.75. The normalized spacial score (nSPS) is 22.8. The smallest absolute Gasteiger partial charge is 0.374 e. The summed E-state index contributed by atoms with van der Waals surface area (Å²) in [7, 11) is 0. The molecular formula is C10H12N2O4. The molecule has 0 saturated heterocycles. The lowest BCUT2D eigenvalue weighted by Gasteiger charge is -1.99. The Morgan fingerprint density at radius 1 is 1.69 bits per heavy atom. The molecule has 2 rings (SSSR count). The predicted molar refractivity (Wildman–Crippen MR) is 53.1 cm³/mol. The summed E-state index contributed by atoms with van der Waals surface area (Å²) in [6, 6.07) is 1.12. The molecule has 1 fully saturated rings. The molecule has 6 heteroatoms. The molecule has 1 aliphatic rings. The van der Waals surface area contributed by atoms with Crippen LogP contribution in [0.15, 0.2) is 10.6 Å². The molecule has 86 valence electrons. The summed E-state index contributed by atoms with van der Waals surface area (Å²) in [4.78, 5) is 22.0. The average molecular weight is 224 g/mol. The number of nitrogens with one attached hydrogen (secondary N) is 1. The second kappa shape index (κ2) is 3.96. The fraction of sp³-hybridized carbons (Fsp3) is 0.500. The maximum absolute atomic E-state index is 11.5. The first kappa shape index (κ1) is 10.7. The van der Waals surface area contributed by atoms with Crippen molar-refractivity contribution in [3.05, 3.63) is 17.5 Å². The second-order valence-electron chi connectivity index (χ2n) is 4.06. The number of rotatable bonds is 4. The van der Waals surface area contributed by atoms with Crippen molar-refractivity contribution >= 4 is 11.9 Å². The van der Waals surface area contributed by atoms with Crippen LogP contribution in [0.1, 0.15) is 34.4 Å². The minimum absolute atomic E-state index is 0.00528. The quantitative estimate of drug-likeness (QED) is 0.787. The van der Waals surface area contributed by atoms with Gasteiger partial charge in [-0.05, 0) is 18.3 Å². The van der Waals surface area contributed by atoms with E-state index >= 15 is 0 Å². The summed E-state index contributed by atoms with van der Waals surface area (Å²) in [5, 5.41) is 14.7. The van der Waals surface area contributed by atoms with Gasteiger partial charge in [0.25, 0.3) is 5.91 Å². The molecule has 1 aromatic heterocycles. The first-order valence-electron chi connectivity index (χ1n) is 5.06. The zero-order valence-corrected chi connectivity index (χ0v) is 8.77. The van der Waals surface area contributed by atoms with E-state index in [0.29, 0.717) is 18.4 Å². The molecule has 0 spiro atoms. The van der Waals surface area contributed by atoms with Gasteiger partial charge in [-0.1, -0.05) is 12.1 Å². The van der Waals surface area contributed by atoms with E-state index in [1.54, 1.807) is 0 Å². The first-order valence-corrected chi connectivity index (χ1v) is 5.06. The highest BCUT2D eigenvalue weighted by atomic mass is 16.5. The Morgan fingerprint density at radius 2 is 2.38 bits per heavy atom. The number of hydrogen-bond acceptors (Lipinski definition) is 4. The van der Waals surface area contributed by atoms with Crippen molar-refractivity contribution in [1.82, 2.24) is 10.5 Å². The van der Waals surface area contributed by atoms with Crippen LogP contribution in [0.3, 0.4) is 0 Å². The Labute approximate surface area is 91.6 Å². The highest BCUT2D eigenvalue weighted by molar-refractivity contribution is 5.94. The molecule has 0 radical (unpaired) electrons. The maximum Gasteiger partial charge on any atom is 0.374 e. The van der Waals surface area contributed by atoms with Crippen LogP contribution in [0.25, 0.3) is 0 Å². The van der Waals surface area contributed by atoms with Gasteiger partial charge >= 0.3 is 5.97 Å². The number of aromatic carboxylic acids is 1. The Hall–Kier alpha value is -1.85. The summed E-state index contributed by atoms with van der Waals surface area (Å²) in [5.74, 6) is -0.760. The van der Waals surface area contributed by atoms with E-state index in [4.69, 9.17) is 5.11 Å². The standard InChI is InChI=1S/C10H12N2O4/c1-5-2-6(5)4-11-9(13)7-3-8(10(14)15)16-12-7/h3,5-6H,2,4H2,1H3,(H,11,13)(H,14,15). The highest BCUT2D eigenvalue weighted by Gasteiger charge is 2.32. The van der Waals surface area contributed by atoms with Crippen molar-refractivity contribution in [2.75, 3.05) is 6.54 Å². The van der Waals surface area contributed by atoms with Crippen LogP contribution in [0.4, 0.5) is 0 Å². The molecule has 2 N–H and O–H groups in total. The number of carboxylic acid groups (broad SMARTS) is 1. The topological polar surface area (TPSA) is 92.4 Å². The van der Waals surface area contributed by atoms with Crippen molar-refractivity contribution in [2.24, 2.45) is 11.8 Å². The highest BCUT2D eigenvalue weighted by Crippen LogP contribution is 2.36. The zero-order chi connectivity index (χ0) is 11.7. The number of amides is 1. The maximum atomic E-state index is 11.5. The molecule has 1 aromatic rings. The van der Waals surface area contributed by atoms with Crippen LogP contribution < -0.4 is 5.32 Å². The van der Waals surface area contributed by atoms with Crippen LogP contribution in [0.5, 0.6) is 0 Å². The summed E-state index contributed by atoms with van der Waals surface area (Å²) >= 11 is 0. The predicted octanol–water partition coefficient (Wildman–Crippen LogP) is 0.759. The summed E-state index contributed by atoms with van der Waals surface area (Å²) < 4.78 is 4.48. The number of aromatic nitrogens is 1. The van der Waals surface area contributed by atoms with Gasteiger partial charge in [0.2, 0.25) is 5.76 Å². The average Bonchev–Trinajstić information content (AvgIpc) is 2.78. The fourth-order valence-electron chi connectivity index (χ4n) is 1.48. The zero-order valence-electron chi connectivity index (χ0n) is 8.77. The van der Waals surface area contributed by atoms with Crippen LogP contribution >= 0.6 is 0 Å². The van der Waals surface area contributed by atoms with Crippen LogP contribution in [0.2, 0.25) is 0 Å². The molecule has 2 atom stereocenters. The molecule has 1 heterocycles. The Morgan fingerprint density at radius 3 is 2.88 bits per heavy atom. The molecule has 2 unspecified atom stereocenters. The van der Waals surface area contributed by atoms with E-state index in [1.807, 2.05) is 0 Å². The third-order valence-corrected chi connectivity index (χ3v) is 2.75. The lowest BCUT2D eigenvalue weighted by atomic mass is 10.3. The van der Waals surface area contributed by atoms with Crippen molar-refractivity contribution < 1.29 is 19.2 Å². The number of carbonyl (C=O) groups is 2. The van der Waals surface area contributed by atoms with Gasteiger partial charge in [-0.2, -0.15) is 0 Å². The van der Waals surface area contributed by atoms with Gasteiger partial charge in [0, 0.05) is 12.6 Å². The number of nitrogens with zero attached hydrogens (tertiary/aromatic N) is 1. The molecule has 0 aliphatic heterocycles. The van der Waals surface area contributed by atoms with E-state index in [0.717, 1.165) is 12.5 Å². The van der Waals surface area contributed by atoms with E-state index in [-0.39, 0.29) is 11.5 Å². The van der Waals surface area contributed by atoms with Gasteiger partial charge in [0.05, 0.1) is 0 Å². The minimum Gasteiger partial charge on any atom is -0.475 e. The fourth-order valence-corrected chi connectivity index (χ4v) is 1.48. The van der Waals surface area contributed by atoms with Gasteiger partial charge in [0.15, 0.2) is 5.69 Å². The van der Waals surface area contributed by atoms with Crippen molar-refractivity contribution in [2.45, 2.75) is 13.3 Å². The molecule has 0 bridgehead atoms. The number of carboxylic acids is 1. The lowest BCUT2D eigenvalue weighted by Crippen LogP contribution is -2.26. The Kier molecular flexibility index (Phi) is 2.64. The second-order valence-corrected chi connectivity index (χ2v) is 4.06. The number of carbonyl (C=O) groups excluding carboxylic acids is 1. The Bertz CT molecular complexity index is 426. The van der Waals surface area contributed by atoms with Crippen LogP contribution in [0, 0.1) is 11.8 Å². The minimum atomic E-state index is -1.23. The van der Waals surface area contributed by atoms with E-state index < -0.39 is 11.9 Å². The first-order chi connectivity index (χ1) is 7.58. The molecule has 1 saturated carbocycles. The van der Waals surface area contributed by atoms with Crippen molar-refractivity contribution in [3.8, 4) is 0 Å². The SMILES string of the molecule is CC1CC1CNC(=O)c1cc(C(=O)O)on1. The molecule has 6 nitrogen and oxygen atoms in total. The molecule has 16 heavy (non-hydrogen) atoms. The monoisotopic (exact) mass is 224 g/mol.